The molecule has 0 spiro atoms. The molecular formula is C11H14N2. The summed E-state index contributed by atoms with van der Waals surface area (Å²) in [6, 6.07) is 9.95. The van der Waals surface area contributed by atoms with E-state index < -0.39 is 0 Å². The van der Waals surface area contributed by atoms with Crippen molar-refractivity contribution in [3.63, 3.8) is 0 Å². The summed E-state index contributed by atoms with van der Waals surface area (Å²) in [7, 11) is 0. The first kappa shape index (κ1) is 9.65. The van der Waals surface area contributed by atoms with Gasteiger partial charge in [-0.1, -0.05) is 30.3 Å². The van der Waals surface area contributed by atoms with E-state index in [1.54, 1.807) is 0 Å². The summed E-state index contributed by atoms with van der Waals surface area (Å²) < 4.78 is 0. The van der Waals surface area contributed by atoms with Crippen LogP contribution in [-0.4, -0.2) is 11.5 Å². The second-order valence-corrected chi connectivity index (χ2v) is 3.17. The van der Waals surface area contributed by atoms with Crippen molar-refractivity contribution in [1.29, 1.82) is 5.41 Å². The van der Waals surface area contributed by atoms with Crippen LogP contribution >= 0.6 is 0 Å². The molecule has 0 aliphatic carbocycles. The van der Waals surface area contributed by atoms with Crippen LogP contribution < -0.4 is 0 Å². The van der Waals surface area contributed by atoms with E-state index in [2.05, 4.69) is 4.99 Å². The van der Waals surface area contributed by atoms with Gasteiger partial charge in [-0.2, -0.15) is 0 Å². The number of hydrogen-bond acceptors (Lipinski definition) is 1. The van der Waals surface area contributed by atoms with Crippen molar-refractivity contribution in [1.82, 2.24) is 0 Å². The van der Waals surface area contributed by atoms with Crippen molar-refractivity contribution in [2.45, 2.75) is 20.3 Å². The van der Waals surface area contributed by atoms with E-state index in [1.165, 1.54) is 0 Å². The molecule has 0 bridgehead atoms. The first-order valence-corrected chi connectivity index (χ1v) is 4.32. The first-order chi connectivity index (χ1) is 6.18. The van der Waals surface area contributed by atoms with Gasteiger partial charge in [-0.3, -0.25) is 5.41 Å². The highest BCUT2D eigenvalue weighted by molar-refractivity contribution is 5.95. The molecule has 0 radical (unpaired) electrons. The van der Waals surface area contributed by atoms with Gasteiger partial charge in [-0.15, -0.1) is 0 Å². The van der Waals surface area contributed by atoms with Crippen molar-refractivity contribution < 1.29 is 0 Å². The van der Waals surface area contributed by atoms with Crippen LogP contribution in [0.5, 0.6) is 0 Å². The maximum absolute atomic E-state index is 7.57. The van der Waals surface area contributed by atoms with Crippen molar-refractivity contribution in [3.05, 3.63) is 35.9 Å². The number of aliphatic imine (C=N–C) groups is 1. The Hall–Kier alpha value is -1.44. The Labute approximate surface area is 78.8 Å². The van der Waals surface area contributed by atoms with Crippen LogP contribution in [0.1, 0.15) is 19.4 Å². The van der Waals surface area contributed by atoms with Crippen molar-refractivity contribution >= 4 is 11.5 Å². The minimum Gasteiger partial charge on any atom is -0.286 e. The Kier molecular flexibility index (Phi) is 3.38. The molecule has 2 heteroatoms. The molecule has 1 aromatic carbocycles. The predicted octanol–water partition coefficient (Wildman–Crippen LogP) is 2.69. The van der Waals surface area contributed by atoms with Gasteiger partial charge in [0.25, 0.3) is 0 Å². The SMILES string of the molecule is CC(C)=NC(=N)Cc1ccccc1. The van der Waals surface area contributed by atoms with Crippen LogP contribution in [0.2, 0.25) is 0 Å². The van der Waals surface area contributed by atoms with Crippen molar-refractivity contribution in [3.8, 4) is 0 Å². The molecule has 2 nitrogen and oxygen atoms in total. The molecule has 68 valence electrons. The number of hydrogen-bond donors (Lipinski definition) is 1. The topological polar surface area (TPSA) is 36.2 Å². The van der Waals surface area contributed by atoms with Gasteiger partial charge < -0.3 is 0 Å². The number of benzene rings is 1. The fourth-order valence-corrected chi connectivity index (χ4v) is 1.10. The van der Waals surface area contributed by atoms with E-state index in [-0.39, 0.29) is 0 Å². The van der Waals surface area contributed by atoms with E-state index >= 15 is 0 Å². The smallest absolute Gasteiger partial charge is 0.124 e. The molecule has 0 aliphatic rings. The van der Waals surface area contributed by atoms with Crippen molar-refractivity contribution in [2.75, 3.05) is 0 Å². The zero-order valence-corrected chi connectivity index (χ0v) is 8.04. The van der Waals surface area contributed by atoms with Gasteiger partial charge in [0.1, 0.15) is 5.84 Å². The van der Waals surface area contributed by atoms with E-state index in [1.807, 2.05) is 44.2 Å². The zero-order chi connectivity index (χ0) is 9.68. The summed E-state index contributed by atoms with van der Waals surface area (Å²) in [6.45, 7) is 3.80. The fourth-order valence-electron chi connectivity index (χ4n) is 1.10. The molecule has 0 aromatic heterocycles. The number of rotatable bonds is 2. The van der Waals surface area contributed by atoms with E-state index in [9.17, 15) is 0 Å². The Bertz CT molecular complexity index is 308. The molecular weight excluding hydrogens is 160 g/mol. The van der Waals surface area contributed by atoms with Crippen LogP contribution in [0.4, 0.5) is 0 Å². The third-order valence-electron chi connectivity index (χ3n) is 1.57. The van der Waals surface area contributed by atoms with Gasteiger partial charge in [0.2, 0.25) is 0 Å². The normalized spacial score (nSPS) is 9.38. The molecule has 0 amide bonds. The third-order valence-corrected chi connectivity index (χ3v) is 1.57. The van der Waals surface area contributed by atoms with Crippen LogP contribution in [0.3, 0.4) is 0 Å². The van der Waals surface area contributed by atoms with Gasteiger partial charge in [0.05, 0.1) is 0 Å². The Morgan fingerprint density at radius 2 is 1.85 bits per heavy atom. The lowest BCUT2D eigenvalue weighted by Gasteiger charge is -1.98. The van der Waals surface area contributed by atoms with Gasteiger partial charge in [-0.25, -0.2) is 4.99 Å². The molecule has 1 N–H and O–H groups in total. The van der Waals surface area contributed by atoms with E-state index in [0.717, 1.165) is 11.3 Å². The van der Waals surface area contributed by atoms with Crippen LogP contribution in [0.25, 0.3) is 0 Å². The minimum atomic E-state index is 0.422. The lowest BCUT2D eigenvalue weighted by atomic mass is 10.1. The fraction of sp³-hybridized carbons (Fsp3) is 0.273. The Morgan fingerprint density at radius 1 is 1.23 bits per heavy atom. The molecule has 0 unspecified atom stereocenters. The highest BCUT2D eigenvalue weighted by atomic mass is 14.8. The van der Waals surface area contributed by atoms with Gasteiger partial charge in [0, 0.05) is 12.1 Å². The molecule has 0 saturated carbocycles. The summed E-state index contributed by atoms with van der Waals surface area (Å²) in [5.74, 6) is 0.422. The highest BCUT2D eigenvalue weighted by Gasteiger charge is 1.95. The van der Waals surface area contributed by atoms with Gasteiger partial charge in [0.15, 0.2) is 0 Å². The molecule has 0 saturated heterocycles. The molecule has 0 atom stereocenters. The zero-order valence-electron chi connectivity index (χ0n) is 8.04. The molecule has 0 fully saturated rings. The lowest BCUT2D eigenvalue weighted by Crippen LogP contribution is -1.99. The Morgan fingerprint density at radius 3 is 2.38 bits per heavy atom. The number of nitrogens with one attached hydrogen (secondary N) is 1. The lowest BCUT2D eigenvalue weighted by molar-refractivity contribution is 1.24. The second kappa shape index (κ2) is 4.55. The summed E-state index contributed by atoms with van der Waals surface area (Å²) in [4.78, 5) is 4.07. The summed E-state index contributed by atoms with van der Waals surface area (Å²) in [6.07, 6.45) is 0.617. The molecule has 0 aliphatic heterocycles. The van der Waals surface area contributed by atoms with Crippen LogP contribution in [0.15, 0.2) is 35.3 Å². The average molecular weight is 174 g/mol. The molecule has 1 aromatic rings. The largest absolute Gasteiger partial charge is 0.286 e. The maximum Gasteiger partial charge on any atom is 0.124 e. The number of amidine groups is 1. The van der Waals surface area contributed by atoms with E-state index in [0.29, 0.717) is 12.3 Å². The summed E-state index contributed by atoms with van der Waals surface area (Å²) >= 11 is 0. The third kappa shape index (κ3) is 3.65. The average Bonchev–Trinajstić information content (AvgIpc) is 2.04. The minimum absolute atomic E-state index is 0.422. The maximum atomic E-state index is 7.57. The summed E-state index contributed by atoms with van der Waals surface area (Å²) in [5.41, 5.74) is 2.07. The summed E-state index contributed by atoms with van der Waals surface area (Å²) in [5, 5.41) is 7.57. The molecule has 0 heterocycles. The standard InChI is InChI=1S/C11H14N2/c1-9(2)13-11(12)8-10-6-4-3-5-7-10/h3-7,12H,8H2,1-2H3. The molecule has 13 heavy (non-hydrogen) atoms. The highest BCUT2D eigenvalue weighted by Crippen LogP contribution is 2.00. The predicted molar refractivity (Wildman–Crippen MR) is 56.7 cm³/mol. The quantitative estimate of drug-likeness (QED) is 0.528. The molecule has 1 rings (SSSR count). The van der Waals surface area contributed by atoms with Gasteiger partial charge in [-0.05, 0) is 19.4 Å². The Balaban J connectivity index is 2.61. The second-order valence-electron chi connectivity index (χ2n) is 3.17. The van der Waals surface area contributed by atoms with Gasteiger partial charge >= 0.3 is 0 Å². The van der Waals surface area contributed by atoms with Crippen LogP contribution in [-0.2, 0) is 6.42 Å². The van der Waals surface area contributed by atoms with E-state index in [4.69, 9.17) is 5.41 Å². The van der Waals surface area contributed by atoms with Crippen LogP contribution in [0, 0.1) is 5.41 Å². The first-order valence-electron chi connectivity index (χ1n) is 4.32. The number of nitrogens with zero attached hydrogens (tertiary/aromatic N) is 1. The monoisotopic (exact) mass is 174 g/mol. The van der Waals surface area contributed by atoms with Crippen molar-refractivity contribution in [2.24, 2.45) is 4.99 Å².